The molecule has 2 heteroatoms. The van der Waals surface area contributed by atoms with Crippen LogP contribution in [0.5, 0.6) is 0 Å². The third-order valence-electron chi connectivity index (χ3n) is 5.91. The molecule has 2 aromatic heterocycles. The molecule has 0 saturated heterocycles. The molecule has 0 N–H and O–H groups in total. The van der Waals surface area contributed by atoms with Crippen molar-refractivity contribution in [2.45, 2.75) is 0 Å². The Balaban J connectivity index is 1.74. The number of fused-ring (bicyclic) bond motifs is 7. The van der Waals surface area contributed by atoms with Crippen molar-refractivity contribution >= 4 is 54.5 Å². The van der Waals surface area contributed by atoms with Gasteiger partial charge in [0.05, 0.1) is 32.3 Å². The Kier molecular flexibility index (Phi) is 1.71. The van der Waals surface area contributed by atoms with Gasteiger partial charge in [-0.1, -0.05) is 90.6 Å². The van der Waals surface area contributed by atoms with E-state index in [0.29, 0.717) is 0 Å². The molecule has 0 aliphatic carbocycles. The summed E-state index contributed by atoms with van der Waals surface area (Å²) in [6.45, 7) is 0. The van der Waals surface area contributed by atoms with E-state index in [9.17, 15) is 2.74 Å². The molecule has 0 aliphatic heterocycles. The van der Waals surface area contributed by atoms with E-state index in [1.54, 1.807) is 0 Å². The van der Waals surface area contributed by atoms with Crippen LogP contribution in [0.25, 0.3) is 76.7 Å². The Morgan fingerprint density at radius 1 is 0.472 bits per heavy atom. The lowest BCUT2D eigenvalue weighted by atomic mass is 9.86. The predicted molar refractivity (Wildman–Crippen MR) is 149 cm³/mol. The molecule has 0 bridgehead atoms. The van der Waals surface area contributed by atoms with Crippen molar-refractivity contribution in [1.82, 2.24) is 0 Å². The largest absolute Gasteiger partial charge is 0.460 e. The normalized spacial score (nSPS) is 19.7. The van der Waals surface area contributed by atoms with Gasteiger partial charge in [0.15, 0.2) is 11.2 Å². The van der Waals surface area contributed by atoms with Crippen LogP contribution < -0.4 is 0 Å². The molecule has 0 saturated carbocycles. The van der Waals surface area contributed by atoms with E-state index in [-0.39, 0.29) is 27.3 Å². The Morgan fingerprint density at radius 2 is 1.11 bits per heavy atom. The summed E-state index contributed by atoms with van der Waals surface area (Å²) in [6.07, 6.45) is -0.666. The fraction of sp³-hybridized carbons (Fsp3) is 0. The molecule has 2 heterocycles. The lowest BCUT2D eigenvalue weighted by Crippen LogP contribution is -1.90. The van der Waals surface area contributed by atoms with E-state index in [1.807, 2.05) is 0 Å². The number of hydrogen-bond donors (Lipinski definition) is 0. The molecule has 0 radical (unpaired) electrons. The summed E-state index contributed by atoms with van der Waals surface area (Å²) in [5.74, 6) is 0. The molecule has 0 atom stereocenters. The predicted octanol–water partition coefficient (Wildman–Crippen LogP) is 9.97. The summed E-state index contributed by atoms with van der Waals surface area (Å²) in [6, 6.07) is -15.3. The highest BCUT2D eigenvalue weighted by Gasteiger charge is 2.18. The molecule has 0 fully saturated rings. The van der Waals surface area contributed by atoms with Crippen LogP contribution in [-0.2, 0) is 0 Å². The van der Waals surface area contributed by atoms with Crippen LogP contribution in [0.4, 0.5) is 0 Å². The summed E-state index contributed by atoms with van der Waals surface area (Å²) in [4.78, 5) is 0. The van der Waals surface area contributed by atoms with Crippen molar-refractivity contribution in [3.63, 3.8) is 0 Å². The van der Waals surface area contributed by atoms with Crippen LogP contribution in [0.2, 0.25) is 0 Å². The number of benzene rings is 6. The van der Waals surface area contributed by atoms with Crippen molar-refractivity contribution in [2.75, 3.05) is 0 Å². The quantitative estimate of drug-likeness (QED) is 0.230. The van der Waals surface area contributed by atoms with E-state index in [2.05, 4.69) is 0 Å². The standard InChI is InChI=1S/C34H20O2/c1-2-8-21(9-3-1)31-24-10-4-6-12-26(24)32(27-13-7-5-11-25(27)31)23-15-17-30-29(20-23)28-16-14-22-18-19-35-33(22)34(28)36-30/h1-20H/i1D,2D,3D,4D,5D,6D,7D,8D,9D,10D,11D,12D,13D,14D,15D,16D,17D,18D,19D,20D. The van der Waals surface area contributed by atoms with Crippen LogP contribution in [0, 0.1) is 0 Å². The molecular weight excluding hydrogens is 440 g/mol. The van der Waals surface area contributed by atoms with Gasteiger partial charge in [0, 0.05) is 16.2 Å². The molecule has 8 aromatic rings. The average molecular weight is 481 g/mol. The maximum absolute atomic E-state index is 9.57. The second-order valence-corrected chi connectivity index (χ2v) is 7.79. The Bertz CT molecular complexity index is 3090. The first-order chi connectivity index (χ1) is 26.2. The Labute approximate surface area is 235 Å². The maximum atomic E-state index is 9.57. The lowest BCUT2D eigenvalue weighted by molar-refractivity contribution is 0.600. The zero-order valence-electron chi connectivity index (χ0n) is 37.8. The van der Waals surface area contributed by atoms with Crippen LogP contribution in [-0.4, -0.2) is 0 Å². The zero-order chi connectivity index (χ0) is 41.0. The minimum atomic E-state index is -0.875. The van der Waals surface area contributed by atoms with Crippen LogP contribution in [0.15, 0.2) is 130 Å². The smallest absolute Gasteiger partial charge is 0.178 e. The van der Waals surface area contributed by atoms with Gasteiger partial charge in [-0.15, -0.1) is 0 Å². The van der Waals surface area contributed by atoms with E-state index in [0.717, 1.165) is 0 Å². The summed E-state index contributed by atoms with van der Waals surface area (Å²) < 4.78 is 186. The third kappa shape index (κ3) is 2.67. The molecule has 2 nitrogen and oxygen atoms in total. The van der Waals surface area contributed by atoms with Crippen molar-refractivity contribution < 1.29 is 36.2 Å². The van der Waals surface area contributed by atoms with E-state index in [4.69, 9.17) is 33.5 Å². The molecule has 0 spiro atoms. The van der Waals surface area contributed by atoms with E-state index in [1.165, 1.54) is 0 Å². The van der Waals surface area contributed by atoms with Crippen LogP contribution in [0.3, 0.4) is 0 Å². The number of furan rings is 2. The minimum absolute atomic E-state index is 0.261. The first kappa shape index (κ1) is 8.39. The molecule has 0 aliphatic rings. The SMILES string of the molecule is [2H]c1oc2c(c1[2H])c([2H])c([2H])c1c2oc2c([2H])c([2H])c(-c3c4c([2H])c([2H])c([2H])c([2H])c4c(-c4c([2H])c([2H])c([2H])c([2H])c4[2H])c4c([2H])c([2H])c([2H])c([2H])c34)c([2H])c21. The van der Waals surface area contributed by atoms with Gasteiger partial charge < -0.3 is 8.83 Å². The zero-order valence-corrected chi connectivity index (χ0v) is 17.8. The number of rotatable bonds is 2. The molecule has 8 rings (SSSR count). The average Bonchev–Trinajstić information content (AvgIpc) is 3.72. The topological polar surface area (TPSA) is 26.3 Å². The van der Waals surface area contributed by atoms with Crippen molar-refractivity contribution in [3.05, 3.63) is 121 Å². The Hall–Kier alpha value is -4.82. The van der Waals surface area contributed by atoms with E-state index < -0.39 is 170 Å². The summed E-state index contributed by atoms with van der Waals surface area (Å²) in [5, 5.41) is -3.26. The highest BCUT2D eigenvalue weighted by Crippen LogP contribution is 2.45. The van der Waals surface area contributed by atoms with Gasteiger partial charge in [-0.25, -0.2) is 0 Å². The van der Waals surface area contributed by atoms with Crippen molar-refractivity contribution in [3.8, 4) is 22.3 Å². The van der Waals surface area contributed by atoms with Gasteiger partial charge in [-0.2, -0.15) is 0 Å². The van der Waals surface area contributed by atoms with Gasteiger partial charge in [-0.05, 0) is 68.0 Å². The fourth-order valence-electron chi connectivity index (χ4n) is 4.43. The minimum Gasteiger partial charge on any atom is -0.460 e. The van der Waals surface area contributed by atoms with E-state index >= 15 is 0 Å². The molecule has 168 valence electrons. The first-order valence-corrected chi connectivity index (χ1v) is 10.6. The summed E-state index contributed by atoms with van der Waals surface area (Å²) in [7, 11) is 0. The highest BCUT2D eigenvalue weighted by atomic mass is 16.4. The van der Waals surface area contributed by atoms with Crippen molar-refractivity contribution in [1.29, 1.82) is 0 Å². The second-order valence-electron chi connectivity index (χ2n) is 7.79. The van der Waals surface area contributed by atoms with Gasteiger partial charge in [0.2, 0.25) is 0 Å². The molecule has 0 amide bonds. The molecule has 36 heavy (non-hydrogen) atoms. The summed E-state index contributed by atoms with van der Waals surface area (Å²) in [5.41, 5.74) is -3.55. The second kappa shape index (κ2) is 7.34. The maximum Gasteiger partial charge on any atom is 0.178 e. The van der Waals surface area contributed by atoms with Gasteiger partial charge in [0.25, 0.3) is 0 Å². The van der Waals surface area contributed by atoms with Crippen LogP contribution in [0.1, 0.15) is 27.4 Å². The highest BCUT2D eigenvalue weighted by molar-refractivity contribution is 6.22. The van der Waals surface area contributed by atoms with Gasteiger partial charge in [0.1, 0.15) is 6.95 Å². The molecule has 0 unspecified atom stereocenters. The molecular formula is C34H20O2. The molecule has 6 aromatic carbocycles. The van der Waals surface area contributed by atoms with Gasteiger partial charge in [-0.3, -0.25) is 0 Å². The van der Waals surface area contributed by atoms with Gasteiger partial charge >= 0.3 is 0 Å². The monoisotopic (exact) mass is 480 g/mol. The van der Waals surface area contributed by atoms with Crippen molar-refractivity contribution in [2.24, 2.45) is 0 Å². The van der Waals surface area contributed by atoms with Crippen LogP contribution >= 0.6 is 0 Å². The fourth-order valence-corrected chi connectivity index (χ4v) is 4.43. The summed E-state index contributed by atoms with van der Waals surface area (Å²) >= 11 is 0. The lowest BCUT2D eigenvalue weighted by Gasteiger charge is -2.17. The Morgan fingerprint density at radius 3 is 1.81 bits per heavy atom. The number of hydrogen-bond acceptors (Lipinski definition) is 2. The third-order valence-corrected chi connectivity index (χ3v) is 5.91. The first-order valence-electron chi connectivity index (χ1n) is 20.6.